The Bertz CT molecular complexity index is 275. The zero-order valence-corrected chi connectivity index (χ0v) is 10.6. The van der Waals surface area contributed by atoms with E-state index in [1.54, 1.807) is 7.05 Å². The summed E-state index contributed by atoms with van der Waals surface area (Å²) in [6.45, 7) is 0.648. The maximum Gasteiger partial charge on any atom is 0.330 e. The minimum absolute atomic E-state index is 0.363. The van der Waals surface area contributed by atoms with Crippen molar-refractivity contribution in [2.45, 2.75) is 38.1 Å². The van der Waals surface area contributed by atoms with Crippen LogP contribution in [0.1, 0.15) is 32.1 Å². The number of likely N-dealkylation sites (N-methyl/N-ethyl adjacent to an activating group) is 2. The Balaban J connectivity index is 2.37. The van der Waals surface area contributed by atoms with Crippen LogP contribution in [0.3, 0.4) is 0 Å². The van der Waals surface area contributed by atoms with E-state index in [1.165, 1.54) is 37.6 Å². The third kappa shape index (κ3) is 4.00. The van der Waals surface area contributed by atoms with Crippen molar-refractivity contribution in [1.82, 2.24) is 10.2 Å². The maximum absolute atomic E-state index is 11.8. The van der Waals surface area contributed by atoms with Crippen LogP contribution in [-0.4, -0.2) is 48.6 Å². The number of nitrogens with one attached hydrogen (secondary N) is 1. The smallest absolute Gasteiger partial charge is 0.330 e. The molecule has 1 saturated carbocycles. The minimum Gasteiger partial charge on any atom is -0.480 e. The van der Waals surface area contributed by atoms with Crippen LogP contribution in [-0.2, 0) is 9.59 Å². The molecule has 1 rings (SSSR count). The molecule has 2 N–H and O–H groups in total. The number of carboxylic acids is 1. The molecule has 0 bridgehead atoms. The monoisotopic (exact) mass is 242 g/mol. The van der Waals surface area contributed by atoms with Crippen molar-refractivity contribution in [2.75, 3.05) is 20.6 Å². The molecule has 0 aromatic carbocycles. The maximum atomic E-state index is 11.8. The van der Waals surface area contributed by atoms with Crippen molar-refractivity contribution in [3.8, 4) is 0 Å². The van der Waals surface area contributed by atoms with Gasteiger partial charge in [0.25, 0.3) is 5.91 Å². The topological polar surface area (TPSA) is 69.6 Å². The number of hydrogen-bond donors (Lipinski definition) is 2. The van der Waals surface area contributed by atoms with Crippen molar-refractivity contribution in [1.29, 1.82) is 0 Å². The standard InChI is InChI=1S/C12H22N2O3/c1-13-10(12(16)17)11(15)14(2)8-7-9-5-3-4-6-9/h9-10,13H,3-8H2,1-2H3,(H,16,17). The van der Waals surface area contributed by atoms with Gasteiger partial charge >= 0.3 is 5.97 Å². The number of carbonyl (C=O) groups excluding carboxylic acids is 1. The molecule has 1 fully saturated rings. The average Bonchev–Trinajstić information content (AvgIpc) is 2.78. The molecule has 1 atom stereocenters. The first kappa shape index (κ1) is 14.0. The third-order valence-electron chi connectivity index (χ3n) is 3.51. The lowest BCUT2D eigenvalue weighted by Crippen LogP contribution is -2.48. The van der Waals surface area contributed by atoms with Gasteiger partial charge in [-0.2, -0.15) is 0 Å². The predicted octanol–water partition coefficient (Wildman–Crippen LogP) is 0.698. The molecular weight excluding hydrogens is 220 g/mol. The van der Waals surface area contributed by atoms with Crippen molar-refractivity contribution in [2.24, 2.45) is 5.92 Å². The molecular formula is C12H22N2O3. The summed E-state index contributed by atoms with van der Waals surface area (Å²) in [7, 11) is 3.16. The Morgan fingerprint density at radius 1 is 1.41 bits per heavy atom. The van der Waals surface area contributed by atoms with Crippen LogP contribution in [0.15, 0.2) is 0 Å². The zero-order chi connectivity index (χ0) is 12.8. The Morgan fingerprint density at radius 3 is 2.47 bits per heavy atom. The van der Waals surface area contributed by atoms with Crippen molar-refractivity contribution < 1.29 is 14.7 Å². The Kier molecular flexibility index (Phi) is 5.41. The van der Waals surface area contributed by atoms with Gasteiger partial charge in [-0.3, -0.25) is 10.1 Å². The molecule has 1 amide bonds. The second-order valence-electron chi connectivity index (χ2n) is 4.76. The van der Waals surface area contributed by atoms with E-state index in [-0.39, 0.29) is 5.91 Å². The minimum atomic E-state index is -1.12. The molecule has 0 heterocycles. The van der Waals surface area contributed by atoms with E-state index in [0.717, 1.165) is 6.42 Å². The summed E-state index contributed by atoms with van der Waals surface area (Å²) < 4.78 is 0. The van der Waals surface area contributed by atoms with Gasteiger partial charge in [0.05, 0.1) is 0 Å². The van der Waals surface area contributed by atoms with Gasteiger partial charge in [0.1, 0.15) is 0 Å². The van der Waals surface area contributed by atoms with E-state index >= 15 is 0 Å². The molecule has 5 heteroatoms. The highest BCUT2D eigenvalue weighted by molar-refractivity contribution is 6.00. The summed E-state index contributed by atoms with van der Waals surface area (Å²) in [5.74, 6) is -0.772. The molecule has 1 aliphatic carbocycles. The second-order valence-corrected chi connectivity index (χ2v) is 4.76. The molecule has 98 valence electrons. The molecule has 1 unspecified atom stereocenters. The molecule has 0 aromatic rings. The fourth-order valence-corrected chi connectivity index (χ4v) is 2.36. The van der Waals surface area contributed by atoms with E-state index in [9.17, 15) is 9.59 Å². The lowest BCUT2D eigenvalue weighted by molar-refractivity contribution is -0.147. The van der Waals surface area contributed by atoms with Crippen LogP contribution >= 0.6 is 0 Å². The highest BCUT2D eigenvalue weighted by Gasteiger charge is 2.27. The third-order valence-corrected chi connectivity index (χ3v) is 3.51. The fourth-order valence-electron chi connectivity index (χ4n) is 2.36. The van der Waals surface area contributed by atoms with Crippen molar-refractivity contribution in [3.63, 3.8) is 0 Å². The van der Waals surface area contributed by atoms with Crippen LogP contribution in [0, 0.1) is 5.92 Å². The van der Waals surface area contributed by atoms with Gasteiger partial charge in [-0.1, -0.05) is 25.7 Å². The molecule has 0 saturated heterocycles. The van der Waals surface area contributed by atoms with Crippen LogP contribution in [0.2, 0.25) is 0 Å². The number of amides is 1. The Morgan fingerprint density at radius 2 is 2.00 bits per heavy atom. The van der Waals surface area contributed by atoms with Gasteiger partial charge in [-0.15, -0.1) is 0 Å². The van der Waals surface area contributed by atoms with Gasteiger partial charge in [-0.05, 0) is 19.4 Å². The number of rotatable bonds is 6. The van der Waals surface area contributed by atoms with E-state index in [2.05, 4.69) is 5.32 Å². The van der Waals surface area contributed by atoms with Crippen LogP contribution in [0.4, 0.5) is 0 Å². The van der Waals surface area contributed by atoms with Crippen LogP contribution in [0.25, 0.3) is 0 Å². The normalized spacial score (nSPS) is 18.0. The molecule has 17 heavy (non-hydrogen) atoms. The number of aliphatic carboxylic acids is 1. The number of hydrogen-bond acceptors (Lipinski definition) is 3. The number of nitrogens with zero attached hydrogens (tertiary/aromatic N) is 1. The lowest BCUT2D eigenvalue weighted by atomic mass is 10.0. The first-order valence-electron chi connectivity index (χ1n) is 6.21. The first-order valence-corrected chi connectivity index (χ1v) is 6.21. The van der Waals surface area contributed by atoms with E-state index in [1.807, 2.05) is 0 Å². The van der Waals surface area contributed by atoms with Gasteiger partial charge in [0.15, 0.2) is 6.04 Å². The summed E-state index contributed by atoms with van der Waals surface area (Å²) in [4.78, 5) is 24.2. The number of carbonyl (C=O) groups is 2. The van der Waals surface area contributed by atoms with Crippen LogP contribution < -0.4 is 5.32 Å². The van der Waals surface area contributed by atoms with Gasteiger partial charge in [-0.25, -0.2) is 4.79 Å². The first-order chi connectivity index (χ1) is 8.06. The number of carboxylic acid groups (broad SMARTS) is 1. The summed E-state index contributed by atoms with van der Waals surface area (Å²) >= 11 is 0. The lowest BCUT2D eigenvalue weighted by Gasteiger charge is -2.22. The van der Waals surface area contributed by atoms with Gasteiger partial charge < -0.3 is 10.0 Å². The average molecular weight is 242 g/mol. The predicted molar refractivity (Wildman–Crippen MR) is 64.7 cm³/mol. The van der Waals surface area contributed by atoms with E-state index in [4.69, 9.17) is 5.11 Å². The molecule has 5 nitrogen and oxygen atoms in total. The Labute approximate surface area is 102 Å². The summed E-state index contributed by atoms with van der Waals surface area (Å²) in [6, 6.07) is -1.12. The second kappa shape index (κ2) is 6.59. The molecule has 0 aliphatic heterocycles. The molecule has 1 aliphatic rings. The van der Waals surface area contributed by atoms with E-state index < -0.39 is 12.0 Å². The summed E-state index contributed by atoms with van der Waals surface area (Å²) in [5.41, 5.74) is 0. The molecule has 0 radical (unpaired) electrons. The van der Waals surface area contributed by atoms with E-state index in [0.29, 0.717) is 12.5 Å². The fraction of sp³-hybridized carbons (Fsp3) is 0.833. The molecule has 0 spiro atoms. The SMILES string of the molecule is CNC(C(=O)O)C(=O)N(C)CCC1CCCC1. The largest absolute Gasteiger partial charge is 0.480 e. The van der Waals surface area contributed by atoms with Crippen molar-refractivity contribution in [3.05, 3.63) is 0 Å². The summed E-state index contributed by atoms with van der Waals surface area (Å²) in [5, 5.41) is 11.4. The quantitative estimate of drug-likeness (QED) is 0.673. The highest BCUT2D eigenvalue weighted by Crippen LogP contribution is 2.27. The zero-order valence-electron chi connectivity index (χ0n) is 10.6. The van der Waals surface area contributed by atoms with Crippen molar-refractivity contribution >= 4 is 11.9 Å². The van der Waals surface area contributed by atoms with Gasteiger partial charge in [0.2, 0.25) is 0 Å². The highest BCUT2D eigenvalue weighted by atomic mass is 16.4. The van der Waals surface area contributed by atoms with Crippen LogP contribution in [0.5, 0.6) is 0 Å². The Hall–Kier alpha value is -1.10. The van der Waals surface area contributed by atoms with Gasteiger partial charge in [0, 0.05) is 13.6 Å². The molecule has 0 aromatic heterocycles. The summed E-state index contributed by atoms with van der Waals surface area (Å²) in [6.07, 6.45) is 6.05.